The van der Waals surface area contributed by atoms with E-state index in [9.17, 15) is 9.36 Å². The van der Waals surface area contributed by atoms with Crippen LogP contribution >= 0.6 is 7.82 Å². The van der Waals surface area contributed by atoms with Gasteiger partial charge < -0.3 is 21.1 Å². The maximum absolute atomic E-state index is 10.4. The number of aliphatic carboxylic acids is 1. The summed E-state index contributed by atoms with van der Waals surface area (Å²) in [6, 6.07) is 7.14. The van der Waals surface area contributed by atoms with E-state index in [-0.39, 0.29) is 59.4 Å². The normalized spacial score (nSPS) is 11.0. The third-order valence-corrected chi connectivity index (χ3v) is 5.81. The van der Waals surface area contributed by atoms with E-state index in [1.165, 1.54) is 76.7 Å². The van der Waals surface area contributed by atoms with Gasteiger partial charge in [-0.1, -0.05) is 103 Å². The number of unbranched alkanes of at least 4 members (excludes halogenated alkanes) is 13. The molecule has 1 aromatic rings. The standard InChI is InChI=1S/C16H35O4P.C10H10O3.K.H/c1-2-3-4-5-6-7-8-9-10-11-12-13-14-15-16-20-21(17,18)19;1-13-9-5-2-8(3-6-9)4-7-10(11)12;;/h2-16H2,1H3,(H2,17,18,19);2-7H,1H3,(H,11,12);;/q;;+1;-1. The molecule has 0 bridgehead atoms. The Labute approximate surface area is 256 Å². The van der Waals surface area contributed by atoms with Crippen LogP contribution in [0, 0.1) is 0 Å². The van der Waals surface area contributed by atoms with Crippen LogP contribution in [-0.2, 0) is 13.9 Å². The predicted octanol–water partition coefficient (Wildman–Crippen LogP) is 4.49. The minimum absolute atomic E-state index is 0. The first-order valence-corrected chi connectivity index (χ1v) is 14.1. The molecule has 0 amide bonds. The maximum atomic E-state index is 10.4. The Bertz CT molecular complexity index is 696. The van der Waals surface area contributed by atoms with Crippen LogP contribution in [-0.4, -0.2) is 34.6 Å². The fourth-order valence-electron chi connectivity index (χ4n) is 3.36. The van der Waals surface area contributed by atoms with E-state index in [0.29, 0.717) is 0 Å². The van der Waals surface area contributed by atoms with Crippen LogP contribution in [0.15, 0.2) is 30.3 Å². The van der Waals surface area contributed by atoms with E-state index in [0.717, 1.165) is 36.7 Å². The minimum Gasteiger partial charge on any atom is -1.00 e. The second-order valence-electron chi connectivity index (χ2n) is 8.36. The minimum atomic E-state index is -4.25. The molecule has 35 heavy (non-hydrogen) atoms. The van der Waals surface area contributed by atoms with Crippen LogP contribution in [0.4, 0.5) is 0 Å². The molecule has 7 nitrogen and oxygen atoms in total. The molecular weight excluding hydrogens is 494 g/mol. The molecule has 0 aromatic heterocycles. The van der Waals surface area contributed by atoms with Gasteiger partial charge in [0.1, 0.15) is 5.75 Å². The van der Waals surface area contributed by atoms with Crippen molar-refractivity contribution in [1.82, 2.24) is 0 Å². The van der Waals surface area contributed by atoms with Crippen LogP contribution < -0.4 is 56.1 Å². The summed E-state index contributed by atoms with van der Waals surface area (Å²) in [6.07, 6.45) is 20.4. The van der Waals surface area contributed by atoms with Crippen LogP contribution in [0.1, 0.15) is 104 Å². The molecule has 0 aliphatic heterocycles. The summed E-state index contributed by atoms with van der Waals surface area (Å²) in [5.74, 6) is -0.191. The van der Waals surface area contributed by atoms with Gasteiger partial charge in [-0.15, -0.1) is 0 Å². The zero-order chi connectivity index (χ0) is 25.5. The number of phosphoric acid groups is 1. The van der Waals surface area contributed by atoms with Crippen molar-refractivity contribution in [3.8, 4) is 5.75 Å². The van der Waals surface area contributed by atoms with Gasteiger partial charge in [-0.25, -0.2) is 9.36 Å². The van der Waals surface area contributed by atoms with Crippen LogP contribution in [0.2, 0.25) is 0 Å². The average Bonchev–Trinajstić information content (AvgIpc) is 2.80. The second kappa shape index (κ2) is 25.6. The molecule has 1 aromatic carbocycles. The summed E-state index contributed by atoms with van der Waals surface area (Å²) >= 11 is 0. The Morgan fingerprint density at radius 3 is 1.66 bits per heavy atom. The molecule has 3 N–H and O–H groups in total. The van der Waals surface area contributed by atoms with Crippen LogP contribution in [0.3, 0.4) is 0 Å². The number of carboxylic acid groups (broad SMARTS) is 1. The molecule has 0 saturated heterocycles. The monoisotopic (exact) mass is 540 g/mol. The van der Waals surface area contributed by atoms with Crippen LogP contribution in [0.25, 0.3) is 6.08 Å². The summed E-state index contributed by atoms with van der Waals surface area (Å²) < 4.78 is 19.8. The Morgan fingerprint density at radius 1 is 0.857 bits per heavy atom. The summed E-state index contributed by atoms with van der Waals surface area (Å²) in [5, 5.41) is 8.36. The van der Waals surface area contributed by atoms with Crippen molar-refractivity contribution in [2.24, 2.45) is 0 Å². The van der Waals surface area contributed by atoms with E-state index < -0.39 is 13.8 Å². The number of hydrogen-bond acceptors (Lipinski definition) is 4. The van der Waals surface area contributed by atoms with E-state index >= 15 is 0 Å². The molecule has 0 spiro atoms. The molecule has 0 saturated carbocycles. The van der Waals surface area contributed by atoms with E-state index in [4.69, 9.17) is 19.6 Å². The van der Waals surface area contributed by atoms with Crippen molar-refractivity contribution in [1.29, 1.82) is 0 Å². The quantitative estimate of drug-likeness (QED) is 0.103. The van der Waals surface area contributed by atoms with Gasteiger partial charge in [-0.3, -0.25) is 4.52 Å². The van der Waals surface area contributed by atoms with E-state index in [2.05, 4.69) is 11.4 Å². The van der Waals surface area contributed by atoms with Crippen molar-refractivity contribution in [2.45, 2.75) is 96.8 Å². The van der Waals surface area contributed by atoms with Gasteiger partial charge in [0.05, 0.1) is 13.7 Å². The van der Waals surface area contributed by atoms with Crippen molar-refractivity contribution in [3.05, 3.63) is 35.9 Å². The average molecular weight is 541 g/mol. The van der Waals surface area contributed by atoms with Gasteiger partial charge in [0.2, 0.25) is 0 Å². The molecule has 0 unspecified atom stereocenters. The topological polar surface area (TPSA) is 113 Å². The number of carboxylic acids is 1. The summed E-state index contributed by atoms with van der Waals surface area (Å²) in [5.41, 5.74) is 0.836. The molecule has 0 atom stereocenters. The largest absolute Gasteiger partial charge is 1.00 e. The first kappa shape index (κ1) is 37.1. The van der Waals surface area contributed by atoms with Gasteiger partial charge in [-0.2, -0.15) is 0 Å². The number of hydrogen-bond donors (Lipinski definition) is 3. The third kappa shape index (κ3) is 28.4. The molecule has 0 heterocycles. The van der Waals surface area contributed by atoms with Gasteiger partial charge in [0.15, 0.2) is 0 Å². The van der Waals surface area contributed by atoms with Crippen molar-refractivity contribution in [3.63, 3.8) is 0 Å². The Morgan fingerprint density at radius 2 is 1.29 bits per heavy atom. The predicted molar refractivity (Wildman–Crippen MR) is 139 cm³/mol. The first-order chi connectivity index (χ1) is 16.3. The van der Waals surface area contributed by atoms with Gasteiger partial charge >= 0.3 is 65.2 Å². The molecule has 0 radical (unpaired) electrons. The fraction of sp³-hybridized carbons (Fsp3) is 0.654. The summed E-state index contributed by atoms with van der Waals surface area (Å²) in [6.45, 7) is 2.42. The molecule has 0 aliphatic carbocycles. The molecule has 9 heteroatoms. The van der Waals surface area contributed by atoms with Crippen molar-refractivity contribution < 1.29 is 86.3 Å². The number of carbonyl (C=O) groups is 1. The van der Waals surface area contributed by atoms with Crippen LogP contribution in [0.5, 0.6) is 5.75 Å². The van der Waals surface area contributed by atoms with Crippen molar-refractivity contribution in [2.75, 3.05) is 13.7 Å². The Hall–Kier alpha value is -0.0236. The first-order valence-electron chi connectivity index (χ1n) is 12.5. The van der Waals surface area contributed by atoms with Gasteiger partial charge in [0, 0.05) is 6.08 Å². The number of methoxy groups -OCH3 is 1. The Balaban J connectivity index is -0.000000627. The molecule has 0 aliphatic rings. The fourth-order valence-corrected chi connectivity index (χ4v) is 3.73. The van der Waals surface area contributed by atoms with E-state index in [1.807, 2.05) is 0 Å². The number of benzene rings is 1. The van der Waals surface area contributed by atoms with E-state index in [1.54, 1.807) is 31.4 Å². The summed E-state index contributed by atoms with van der Waals surface area (Å²) in [4.78, 5) is 27.2. The molecular formula is C26H46KO7P. The second-order valence-corrected chi connectivity index (χ2v) is 9.60. The zero-order valence-corrected chi connectivity index (χ0v) is 26.0. The third-order valence-electron chi connectivity index (χ3n) is 5.29. The van der Waals surface area contributed by atoms with Crippen molar-refractivity contribution >= 4 is 19.9 Å². The molecule has 198 valence electrons. The zero-order valence-electron chi connectivity index (χ0n) is 23.0. The van der Waals surface area contributed by atoms with Gasteiger partial charge in [0.25, 0.3) is 0 Å². The number of phosphoric ester groups is 1. The smallest absolute Gasteiger partial charge is 1.00 e. The van der Waals surface area contributed by atoms with Gasteiger partial charge in [-0.05, 0) is 30.2 Å². The number of ether oxygens (including phenoxy) is 1. The number of rotatable bonds is 19. The molecule has 0 fully saturated rings. The SMILES string of the molecule is CCCCCCCCCCCCCCCCOP(=O)(O)O.COc1ccc(C=CC(=O)O)cc1.[H-].[K+]. The summed E-state index contributed by atoms with van der Waals surface area (Å²) in [7, 11) is -2.67. The molecule has 1 rings (SSSR count). The Kier molecular flexibility index (Phi) is 27.2. The maximum Gasteiger partial charge on any atom is 1.00 e.